The second-order valence-electron chi connectivity index (χ2n) is 7.55. The Kier molecular flexibility index (Phi) is 7.06. The Bertz CT molecular complexity index is 783. The molecule has 0 radical (unpaired) electrons. The highest BCUT2D eigenvalue weighted by atomic mass is 16.5. The first-order valence-corrected chi connectivity index (χ1v) is 10.0. The molecule has 0 spiro atoms. The molecule has 5 heteroatoms. The number of aliphatic hydroxyl groups is 1. The molecule has 3 rings (SSSR count). The summed E-state index contributed by atoms with van der Waals surface area (Å²) in [6.45, 7) is 6.56. The number of ether oxygens (including phenoxy) is 1. The zero-order valence-corrected chi connectivity index (χ0v) is 16.7. The highest BCUT2D eigenvalue weighted by Gasteiger charge is 2.21. The van der Waals surface area contributed by atoms with Gasteiger partial charge in [-0.05, 0) is 49.9 Å². The summed E-state index contributed by atoms with van der Waals surface area (Å²) in [5.41, 5.74) is 3.77. The van der Waals surface area contributed by atoms with Crippen molar-refractivity contribution >= 4 is 11.6 Å². The second-order valence-corrected chi connectivity index (χ2v) is 7.55. The van der Waals surface area contributed by atoms with E-state index in [9.17, 15) is 9.90 Å². The van der Waals surface area contributed by atoms with Gasteiger partial charge in [-0.3, -0.25) is 4.79 Å². The van der Waals surface area contributed by atoms with Gasteiger partial charge in [-0.1, -0.05) is 36.4 Å². The predicted molar refractivity (Wildman–Crippen MR) is 111 cm³/mol. The first kappa shape index (κ1) is 20.4. The Balaban J connectivity index is 1.68. The minimum absolute atomic E-state index is 0.0821. The lowest BCUT2D eigenvalue weighted by Crippen LogP contribution is -2.37. The number of hydrogen-bond acceptors (Lipinski definition) is 4. The Morgan fingerprint density at radius 1 is 1.11 bits per heavy atom. The van der Waals surface area contributed by atoms with Crippen LogP contribution in [0.1, 0.15) is 48.2 Å². The number of nitrogens with zero attached hydrogens (tertiary/aromatic N) is 1. The molecule has 0 aromatic heterocycles. The van der Waals surface area contributed by atoms with Crippen molar-refractivity contribution in [2.24, 2.45) is 0 Å². The summed E-state index contributed by atoms with van der Waals surface area (Å²) in [5, 5.41) is 12.8. The van der Waals surface area contributed by atoms with E-state index in [2.05, 4.69) is 10.2 Å². The van der Waals surface area contributed by atoms with Gasteiger partial charge in [0, 0.05) is 25.3 Å². The number of para-hydroxylation sites is 1. The summed E-state index contributed by atoms with van der Waals surface area (Å²) in [6.07, 6.45) is 1.40. The highest BCUT2D eigenvalue weighted by Crippen LogP contribution is 2.24. The van der Waals surface area contributed by atoms with Crippen LogP contribution < -0.4 is 10.2 Å². The van der Waals surface area contributed by atoms with Crippen LogP contribution in [0.25, 0.3) is 0 Å². The number of hydrogen-bond donors (Lipinski definition) is 2. The molecule has 0 atom stereocenters. The number of aliphatic hydroxyl groups excluding tert-OH is 1. The van der Waals surface area contributed by atoms with E-state index in [1.807, 2.05) is 62.4 Å². The highest BCUT2D eigenvalue weighted by molar-refractivity contribution is 5.99. The molecule has 0 aliphatic carbocycles. The average Bonchev–Trinajstić information content (AvgIpc) is 2.71. The predicted octanol–water partition coefficient (Wildman–Crippen LogP) is 3.50. The summed E-state index contributed by atoms with van der Waals surface area (Å²) >= 11 is 0. The van der Waals surface area contributed by atoms with Gasteiger partial charge < -0.3 is 20.1 Å². The van der Waals surface area contributed by atoms with Crippen LogP contribution in [0.5, 0.6) is 0 Å². The SMILES string of the molecule is CC(C)OCc1ccccc1CNC(=O)c1ccccc1N1CCC(O)CC1. The molecule has 28 heavy (non-hydrogen) atoms. The lowest BCUT2D eigenvalue weighted by molar-refractivity contribution is 0.0651. The molecule has 0 saturated carbocycles. The smallest absolute Gasteiger partial charge is 0.253 e. The first-order chi connectivity index (χ1) is 13.5. The summed E-state index contributed by atoms with van der Waals surface area (Å²) < 4.78 is 5.73. The normalized spacial score (nSPS) is 15.1. The number of carbonyl (C=O) groups excluding carboxylic acids is 1. The average molecular weight is 383 g/mol. The van der Waals surface area contributed by atoms with E-state index in [0.717, 1.165) is 42.7 Å². The van der Waals surface area contributed by atoms with E-state index < -0.39 is 0 Å². The van der Waals surface area contributed by atoms with E-state index in [0.29, 0.717) is 18.7 Å². The summed E-state index contributed by atoms with van der Waals surface area (Å²) in [4.78, 5) is 15.1. The molecule has 0 unspecified atom stereocenters. The van der Waals surface area contributed by atoms with Crippen LogP contribution in [0.3, 0.4) is 0 Å². The lowest BCUT2D eigenvalue weighted by atomic mass is 10.0. The van der Waals surface area contributed by atoms with Gasteiger partial charge in [0.05, 0.1) is 24.4 Å². The van der Waals surface area contributed by atoms with E-state index in [1.54, 1.807) is 0 Å². The van der Waals surface area contributed by atoms with Crippen molar-refractivity contribution in [1.29, 1.82) is 0 Å². The van der Waals surface area contributed by atoms with E-state index in [1.165, 1.54) is 0 Å². The van der Waals surface area contributed by atoms with Crippen molar-refractivity contribution in [2.45, 2.75) is 52.0 Å². The molecule has 1 aliphatic heterocycles. The first-order valence-electron chi connectivity index (χ1n) is 10.0. The van der Waals surface area contributed by atoms with Crippen molar-refractivity contribution in [3.8, 4) is 0 Å². The second kappa shape index (κ2) is 9.71. The number of carbonyl (C=O) groups is 1. The van der Waals surface area contributed by atoms with Crippen LogP contribution in [0.2, 0.25) is 0 Å². The Labute approximate surface area is 167 Å². The van der Waals surface area contributed by atoms with Crippen LogP contribution in [-0.2, 0) is 17.9 Å². The third-order valence-corrected chi connectivity index (χ3v) is 5.08. The molecule has 2 N–H and O–H groups in total. The topological polar surface area (TPSA) is 61.8 Å². The molecule has 1 fully saturated rings. The van der Waals surface area contributed by atoms with Crippen molar-refractivity contribution in [1.82, 2.24) is 5.32 Å². The van der Waals surface area contributed by atoms with Crippen molar-refractivity contribution in [3.63, 3.8) is 0 Å². The molecule has 2 aromatic carbocycles. The third-order valence-electron chi connectivity index (χ3n) is 5.08. The van der Waals surface area contributed by atoms with Gasteiger partial charge in [0.25, 0.3) is 5.91 Å². The molecular formula is C23H30N2O3. The minimum atomic E-state index is -0.234. The van der Waals surface area contributed by atoms with Gasteiger partial charge in [0.1, 0.15) is 0 Å². The van der Waals surface area contributed by atoms with Crippen LogP contribution in [-0.4, -0.2) is 36.3 Å². The molecule has 1 heterocycles. The fourth-order valence-corrected chi connectivity index (χ4v) is 3.45. The standard InChI is InChI=1S/C23H30N2O3/c1-17(2)28-16-19-8-4-3-7-18(19)15-24-23(27)21-9-5-6-10-22(21)25-13-11-20(26)12-14-25/h3-10,17,20,26H,11-16H2,1-2H3,(H,24,27). The number of nitrogens with one attached hydrogen (secondary N) is 1. The number of piperidine rings is 1. The molecule has 2 aromatic rings. The summed E-state index contributed by atoms with van der Waals surface area (Å²) in [7, 11) is 0. The third kappa shape index (κ3) is 5.33. The summed E-state index contributed by atoms with van der Waals surface area (Å²) in [5.74, 6) is -0.0821. The number of amides is 1. The van der Waals surface area contributed by atoms with Gasteiger partial charge in [0.15, 0.2) is 0 Å². The fraction of sp³-hybridized carbons (Fsp3) is 0.435. The number of anilines is 1. The summed E-state index contributed by atoms with van der Waals surface area (Å²) in [6, 6.07) is 15.7. The Hall–Kier alpha value is -2.37. The number of benzene rings is 2. The zero-order valence-electron chi connectivity index (χ0n) is 16.7. The van der Waals surface area contributed by atoms with Crippen molar-refractivity contribution in [2.75, 3.05) is 18.0 Å². The molecule has 5 nitrogen and oxygen atoms in total. The Morgan fingerprint density at radius 2 is 1.75 bits per heavy atom. The van der Waals surface area contributed by atoms with Crippen LogP contribution in [0.15, 0.2) is 48.5 Å². The van der Waals surface area contributed by atoms with Gasteiger partial charge in [-0.2, -0.15) is 0 Å². The maximum atomic E-state index is 12.9. The molecular weight excluding hydrogens is 352 g/mol. The number of rotatable bonds is 7. The molecule has 1 amide bonds. The largest absolute Gasteiger partial charge is 0.393 e. The van der Waals surface area contributed by atoms with Crippen molar-refractivity contribution in [3.05, 3.63) is 65.2 Å². The Morgan fingerprint density at radius 3 is 2.46 bits per heavy atom. The maximum Gasteiger partial charge on any atom is 0.253 e. The molecule has 1 aliphatic rings. The monoisotopic (exact) mass is 382 g/mol. The minimum Gasteiger partial charge on any atom is -0.393 e. The fourth-order valence-electron chi connectivity index (χ4n) is 3.45. The van der Waals surface area contributed by atoms with Gasteiger partial charge >= 0.3 is 0 Å². The molecule has 150 valence electrons. The van der Waals surface area contributed by atoms with Gasteiger partial charge in [-0.15, -0.1) is 0 Å². The van der Waals surface area contributed by atoms with Crippen LogP contribution in [0, 0.1) is 0 Å². The van der Waals surface area contributed by atoms with Crippen LogP contribution >= 0.6 is 0 Å². The van der Waals surface area contributed by atoms with E-state index in [-0.39, 0.29) is 18.1 Å². The molecule has 0 bridgehead atoms. The van der Waals surface area contributed by atoms with E-state index >= 15 is 0 Å². The molecule has 1 saturated heterocycles. The quantitative estimate of drug-likeness (QED) is 0.769. The van der Waals surface area contributed by atoms with E-state index in [4.69, 9.17) is 4.74 Å². The van der Waals surface area contributed by atoms with Crippen LogP contribution in [0.4, 0.5) is 5.69 Å². The van der Waals surface area contributed by atoms with Gasteiger partial charge in [0.2, 0.25) is 0 Å². The van der Waals surface area contributed by atoms with Gasteiger partial charge in [-0.25, -0.2) is 0 Å². The maximum absolute atomic E-state index is 12.9. The van der Waals surface area contributed by atoms with Crippen molar-refractivity contribution < 1.29 is 14.6 Å². The lowest BCUT2D eigenvalue weighted by Gasteiger charge is -2.32. The zero-order chi connectivity index (χ0) is 19.9.